The number of barbiturate groups is 1. The van der Waals surface area contributed by atoms with Gasteiger partial charge in [0.2, 0.25) is 0 Å². The van der Waals surface area contributed by atoms with Crippen LogP contribution in [0.4, 0.5) is 16.2 Å². The van der Waals surface area contributed by atoms with Crippen LogP contribution in [0.1, 0.15) is 18.1 Å². The molecule has 5 rings (SSSR count). The van der Waals surface area contributed by atoms with Crippen molar-refractivity contribution in [2.24, 2.45) is 0 Å². The lowest BCUT2D eigenvalue weighted by atomic mass is 10.0. The minimum atomic E-state index is -0.740. The molecule has 40 heavy (non-hydrogen) atoms. The van der Waals surface area contributed by atoms with Crippen LogP contribution in [0.3, 0.4) is 0 Å². The fourth-order valence-electron chi connectivity index (χ4n) is 4.58. The summed E-state index contributed by atoms with van der Waals surface area (Å²) in [5.41, 5.74) is 2.12. The molecule has 0 radical (unpaired) electrons. The van der Waals surface area contributed by atoms with Gasteiger partial charge in [0.1, 0.15) is 12.2 Å². The monoisotopic (exact) mass is 532 g/mol. The number of anilines is 2. The Morgan fingerprint density at radius 3 is 2.27 bits per heavy atom. The van der Waals surface area contributed by atoms with E-state index < -0.39 is 17.8 Å². The van der Waals surface area contributed by atoms with Gasteiger partial charge in [-0.25, -0.2) is 14.6 Å². The summed E-state index contributed by atoms with van der Waals surface area (Å²) < 4.78 is 11.4. The van der Waals surface area contributed by atoms with Gasteiger partial charge >= 0.3 is 6.03 Å². The van der Waals surface area contributed by atoms with Gasteiger partial charge in [-0.1, -0.05) is 72.8 Å². The summed E-state index contributed by atoms with van der Waals surface area (Å²) in [4.78, 5) is 43.8. The van der Waals surface area contributed by atoms with Gasteiger partial charge in [-0.15, -0.1) is 0 Å². The molecule has 1 fully saturated rings. The summed E-state index contributed by atoms with van der Waals surface area (Å²) in [5.74, 6) is -0.439. The Balaban J connectivity index is 1.66. The number of nitrogens with zero attached hydrogens (tertiary/aromatic N) is 2. The van der Waals surface area contributed by atoms with E-state index in [4.69, 9.17) is 9.47 Å². The maximum absolute atomic E-state index is 14.0. The first-order valence-corrected chi connectivity index (χ1v) is 12.9. The van der Waals surface area contributed by atoms with Gasteiger partial charge in [0, 0.05) is 5.39 Å². The molecule has 0 aromatic heterocycles. The van der Waals surface area contributed by atoms with Crippen molar-refractivity contribution in [2.45, 2.75) is 13.8 Å². The maximum Gasteiger partial charge on any atom is 0.343 e. The van der Waals surface area contributed by atoms with Gasteiger partial charge in [-0.3, -0.25) is 9.59 Å². The summed E-state index contributed by atoms with van der Waals surface area (Å²) in [5, 5.41) is 1.58. The molecule has 0 bridgehead atoms. The van der Waals surface area contributed by atoms with Gasteiger partial charge in [0.05, 0.1) is 18.0 Å². The van der Waals surface area contributed by atoms with Crippen molar-refractivity contribution in [1.29, 1.82) is 0 Å². The van der Waals surface area contributed by atoms with Crippen LogP contribution < -0.4 is 19.3 Å². The molecule has 1 aliphatic heterocycles. The lowest BCUT2D eigenvalue weighted by Crippen LogP contribution is -2.57. The Labute approximate surface area is 232 Å². The molecule has 4 aromatic rings. The van der Waals surface area contributed by atoms with E-state index in [0.29, 0.717) is 47.0 Å². The third kappa shape index (κ3) is 4.97. The number of fused-ring (bicyclic) bond motifs is 1. The third-order valence-corrected chi connectivity index (χ3v) is 6.48. The largest absolute Gasteiger partial charge is 0.490 e. The Bertz CT molecular complexity index is 1650. The zero-order chi connectivity index (χ0) is 28.2. The van der Waals surface area contributed by atoms with Crippen LogP contribution in [0.5, 0.6) is 11.5 Å². The number of rotatable bonds is 8. The summed E-state index contributed by atoms with van der Waals surface area (Å²) in [6.07, 6.45) is 3.11. The van der Waals surface area contributed by atoms with Crippen molar-refractivity contribution in [2.75, 3.05) is 23.0 Å². The van der Waals surface area contributed by atoms with Crippen LogP contribution >= 0.6 is 0 Å². The van der Waals surface area contributed by atoms with Crippen LogP contribution in [0.15, 0.2) is 103 Å². The topological polar surface area (TPSA) is 76.2 Å². The number of urea groups is 1. The number of carbonyl (C=O) groups excluding carboxylic acids is 3. The molecule has 0 spiro atoms. The molecule has 7 heteroatoms. The van der Waals surface area contributed by atoms with Crippen molar-refractivity contribution < 1.29 is 23.9 Å². The van der Waals surface area contributed by atoms with Crippen LogP contribution in [-0.4, -0.2) is 31.1 Å². The summed E-state index contributed by atoms with van der Waals surface area (Å²) in [7, 11) is 0. The predicted octanol–water partition coefficient (Wildman–Crippen LogP) is 6.70. The molecule has 7 nitrogen and oxygen atoms in total. The van der Waals surface area contributed by atoms with E-state index in [0.717, 1.165) is 20.7 Å². The zero-order valence-corrected chi connectivity index (χ0v) is 22.3. The van der Waals surface area contributed by atoms with Crippen molar-refractivity contribution >= 4 is 46.1 Å². The summed E-state index contributed by atoms with van der Waals surface area (Å²) >= 11 is 0. The van der Waals surface area contributed by atoms with Gasteiger partial charge in [0.15, 0.2) is 11.5 Å². The molecule has 1 aliphatic rings. The quantitative estimate of drug-likeness (QED) is 0.143. The maximum atomic E-state index is 14.0. The van der Waals surface area contributed by atoms with Crippen molar-refractivity contribution in [1.82, 2.24) is 0 Å². The molecule has 4 amide bonds. The Kier molecular flexibility index (Phi) is 7.46. The molecule has 0 unspecified atom stereocenters. The average Bonchev–Trinajstić information content (AvgIpc) is 2.96. The van der Waals surface area contributed by atoms with Crippen LogP contribution in [0.2, 0.25) is 0 Å². The highest BCUT2D eigenvalue weighted by atomic mass is 16.5. The highest BCUT2D eigenvalue weighted by Crippen LogP contribution is 2.35. The SMILES string of the molecule is C=CCOc1ccc(/C=C2\C(=O)N(c3ccc(C)cc3)C(=O)N(c3cccc4ccccc34)C2=O)cc1OCC. The van der Waals surface area contributed by atoms with Gasteiger partial charge in [0.25, 0.3) is 11.8 Å². The molecule has 0 N–H and O–H groups in total. The molecule has 0 atom stereocenters. The van der Waals surface area contributed by atoms with Gasteiger partial charge < -0.3 is 9.47 Å². The molecule has 1 saturated heterocycles. The second-order valence-corrected chi connectivity index (χ2v) is 9.19. The van der Waals surface area contributed by atoms with Gasteiger partial charge in [-0.2, -0.15) is 0 Å². The number of aryl methyl sites for hydroxylation is 1. The first-order chi connectivity index (χ1) is 19.4. The summed E-state index contributed by atoms with van der Waals surface area (Å²) in [6, 6.07) is 24.3. The summed E-state index contributed by atoms with van der Waals surface area (Å²) in [6.45, 7) is 8.13. The Hall–Kier alpha value is -5.17. The third-order valence-electron chi connectivity index (χ3n) is 6.48. The fourth-order valence-corrected chi connectivity index (χ4v) is 4.58. The van der Waals surface area contributed by atoms with E-state index in [9.17, 15) is 14.4 Å². The van der Waals surface area contributed by atoms with Gasteiger partial charge in [-0.05, 0) is 61.2 Å². The Morgan fingerprint density at radius 1 is 0.800 bits per heavy atom. The highest BCUT2D eigenvalue weighted by molar-refractivity contribution is 6.46. The molecule has 0 saturated carbocycles. The van der Waals surface area contributed by atoms with E-state index in [-0.39, 0.29) is 5.57 Å². The number of ether oxygens (including phenoxy) is 2. The number of carbonyl (C=O) groups is 3. The lowest BCUT2D eigenvalue weighted by molar-refractivity contribution is -0.121. The first kappa shape index (κ1) is 26.4. The van der Waals surface area contributed by atoms with E-state index in [1.807, 2.05) is 56.3 Å². The van der Waals surface area contributed by atoms with Crippen LogP contribution in [-0.2, 0) is 9.59 Å². The normalized spacial score (nSPS) is 14.7. The molecular formula is C33H28N2O5. The Morgan fingerprint density at radius 2 is 1.52 bits per heavy atom. The van der Waals surface area contributed by atoms with Crippen molar-refractivity contribution in [3.8, 4) is 11.5 Å². The average molecular weight is 533 g/mol. The number of benzene rings is 4. The highest BCUT2D eigenvalue weighted by Gasteiger charge is 2.44. The second-order valence-electron chi connectivity index (χ2n) is 9.19. The number of hydrogen-bond acceptors (Lipinski definition) is 5. The van der Waals surface area contributed by atoms with E-state index in [2.05, 4.69) is 6.58 Å². The number of imide groups is 2. The van der Waals surface area contributed by atoms with Crippen molar-refractivity contribution in [3.05, 3.63) is 114 Å². The van der Waals surface area contributed by atoms with E-state index in [1.165, 1.54) is 6.08 Å². The number of hydrogen-bond donors (Lipinski definition) is 0. The minimum Gasteiger partial charge on any atom is -0.490 e. The van der Waals surface area contributed by atoms with E-state index >= 15 is 0 Å². The minimum absolute atomic E-state index is 0.157. The lowest BCUT2D eigenvalue weighted by Gasteiger charge is -2.34. The molecular weight excluding hydrogens is 504 g/mol. The second kappa shape index (κ2) is 11.3. The standard InChI is InChI=1S/C33H28N2O5/c1-4-19-40-29-18-15-23(21-30(29)39-5-2)20-27-31(36)34(25-16-13-22(3)14-17-25)33(38)35(32(27)37)28-12-8-10-24-9-6-7-11-26(24)28/h4,6-18,20-21H,1,5,19H2,2-3H3/b27-20+. The van der Waals surface area contributed by atoms with Crippen molar-refractivity contribution in [3.63, 3.8) is 0 Å². The fraction of sp³-hybridized carbons (Fsp3) is 0.121. The molecule has 4 aromatic carbocycles. The van der Waals surface area contributed by atoms with Crippen LogP contribution in [0.25, 0.3) is 16.8 Å². The van der Waals surface area contributed by atoms with E-state index in [1.54, 1.807) is 48.5 Å². The molecule has 0 aliphatic carbocycles. The van der Waals surface area contributed by atoms with Crippen LogP contribution in [0, 0.1) is 6.92 Å². The smallest absolute Gasteiger partial charge is 0.343 e. The first-order valence-electron chi connectivity index (χ1n) is 12.9. The zero-order valence-electron chi connectivity index (χ0n) is 22.3. The molecule has 200 valence electrons. The predicted molar refractivity (Wildman–Crippen MR) is 157 cm³/mol. The molecule has 1 heterocycles. The number of amides is 4.